The van der Waals surface area contributed by atoms with Crippen molar-refractivity contribution in [2.45, 2.75) is 12.8 Å². The fraction of sp³-hybridized carbons (Fsp3) is 0.500. The van der Waals surface area contributed by atoms with E-state index in [0.29, 0.717) is 5.92 Å². The molecule has 8 heavy (non-hydrogen) atoms. The Bertz CT molecular complexity index is 179. The third kappa shape index (κ3) is 0.459. The minimum atomic E-state index is 0.499. The van der Waals surface area contributed by atoms with Crippen molar-refractivity contribution in [1.82, 2.24) is 0 Å². The molecule has 2 rings (SSSR count). The Kier molecular flexibility index (Phi) is 0.645. The van der Waals surface area contributed by atoms with Gasteiger partial charge in [-0.25, -0.2) is 0 Å². The van der Waals surface area contributed by atoms with E-state index in [-0.39, 0.29) is 0 Å². The Morgan fingerprint density at radius 2 is 2.50 bits per heavy atom. The molecule has 0 aromatic rings. The van der Waals surface area contributed by atoms with Gasteiger partial charge in [0.15, 0.2) is 0 Å². The van der Waals surface area contributed by atoms with Gasteiger partial charge in [-0.05, 0) is 18.8 Å². The van der Waals surface area contributed by atoms with E-state index < -0.39 is 0 Å². The first-order chi connectivity index (χ1) is 4.38. The predicted molar refractivity (Wildman–Crippen MR) is 34.5 cm³/mol. The number of rotatable bonds is 0. The van der Waals surface area contributed by atoms with Crippen molar-refractivity contribution in [2.24, 2.45) is 11.8 Å². The molecule has 0 heteroatoms. The largest absolute Gasteiger partial charge is 0.0879 e. The fourth-order valence-corrected chi connectivity index (χ4v) is 1.34. The van der Waals surface area contributed by atoms with E-state index in [4.69, 9.17) is 1.37 Å². The molecule has 0 radical (unpaired) electrons. The predicted octanol–water partition coefficient (Wildman–Crippen LogP) is 2.14. The quantitative estimate of drug-likeness (QED) is 0.416. The van der Waals surface area contributed by atoms with Gasteiger partial charge >= 0.3 is 0 Å². The highest BCUT2D eigenvalue weighted by Gasteiger charge is 2.22. The second-order valence-electron chi connectivity index (χ2n) is 2.53. The summed E-state index contributed by atoms with van der Waals surface area (Å²) in [6.07, 6.45) is 8.93. The molecule has 2 unspecified atom stereocenters. The van der Waals surface area contributed by atoms with Gasteiger partial charge in [-0.2, -0.15) is 0 Å². The van der Waals surface area contributed by atoms with E-state index in [1.165, 1.54) is 12.8 Å². The zero-order chi connectivity index (χ0) is 6.27. The van der Waals surface area contributed by atoms with Gasteiger partial charge < -0.3 is 0 Å². The SMILES string of the molecule is [2H]C1=CC2CCC=CC12. The molecule has 0 amide bonds. The molecule has 0 fully saturated rings. The van der Waals surface area contributed by atoms with Gasteiger partial charge in [0.25, 0.3) is 0 Å². The lowest BCUT2D eigenvalue weighted by Gasteiger charge is -2.29. The molecule has 0 N–H and O–H groups in total. The third-order valence-corrected chi connectivity index (χ3v) is 1.97. The van der Waals surface area contributed by atoms with E-state index in [9.17, 15) is 0 Å². The summed E-state index contributed by atoms with van der Waals surface area (Å²) in [7, 11) is 0. The second-order valence-corrected chi connectivity index (χ2v) is 2.53. The summed E-state index contributed by atoms with van der Waals surface area (Å²) in [5.74, 6) is 1.22. The summed E-state index contributed by atoms with van der Waals surface area (Å²) in [4.78, 5) is 0. The summed E-state index contributed by atoms with van der Waals surface area (Å²) in [5, 5.41) is 0. The molecule has 0 bridgehead atoms. The monoisotopic (exact) mass is 107 g/mol. The molecule has 0 saturated heterocycles. The van der Waals surface area contributed by atoms with Gasteiger partial charge in [0.2, 0.25) is 0 Å². The Morgan fingerprint density at radius 1 is 1.50 bits per heavy atom. The Labute approximate surface area is 51.3 Å². The van der Waals surface area contributed by atoms with Crippen LogP contribution >= 0.6 is 0 Å². The minimum absolute atomic E-state index is 0.499. The number of allylic oxidation sites excluding steroid dienone is 4. The summed E-state index contributed by atoms with van der Waals surface area (Å²) in [5.41, 5.74) is 0. The average molecular weight is 107 g/mol. The van der Waals surface area contributed by atoms with Crippen LogP contribution in [0.3, 0.4) is 0 Å². The molecule has 2 atom stereocenters. The minimum Gasteiger partial charge on any atom is -0.0879 e. The molecule has 0 saturated carbocycles. The van der Waals surface area contributed by atoms with Gasteiger partial charge in [0.1, 0.15) is 0 Å². The van der Waals surface area contributed by atoms with E-state index in [1.54, 1.807) is 0 Å². The van der Waals surface area contributed by atoms with E-state index in [2.05, 4.69) is 18.2 Å². The first-order valence-electron chi connectivity index (χ1n) is 3.73. The molecular weight excluding hydrogens is 96.1 g/mol. The van der Waals surface area contributed by atoms with Crippen LogP contribution in [0.4, 0.5) is 0 Å². The van der Waals surface area contributed by atoms with Crippen LogP contribution in [-0.4, -0.2) is 0 Å². The van der Waals surface area contributed by atoms with E-state index >= 15 is 0 Å². The Morgan fingerprint density at radius 3 is 3.12 bits per heavy atom. The molecular formula is C8H10. The molecule has 0 heterocycles. The van der Waals surface area contributed by atoms with Crippen LogP contribution in [0, 0.1) is 11.8 Å². The van der Waals surface area contributed by atoms with Crippen LogP contribution in [-0.2, 0) is 0 Å². The van der Waals surface area contributed by atoms with Crippen molar-refractivity contribution < 1.29 is 1.37 Å². The molecule has 2 aliphatic rings. The number of hydrogen-bond donors (Lipinski definition) is 0. The molecule has 0 aromatic carbocycles. The van der Waals surface area contributed by atoms with Crippen LogP contribution in [0.15, 0.2) is 24.3 Å². The summed E-state index contributed by atoms with van der Waals surface area (Å²) >= 11 is 0. The maximum atomic E-state index is 7.35. The van der Waals surface area contributed by atoms with Crippen LogP contribution in [0.25, 0.3) is 0 Å². The van der Waals surface area contributed by atoms with Crippen molar-refractivity contribution in [3.63, 3.8) is 0 Å². The van der Waals surface area contributed by atoms with Gasteiger partial charge in [-0.3, -0.25) is 0 Å². The molecule has 2 aliphatic carbocycles. The van der Waals surface area contributed by atoms with E-state index in [1.807, 2.05) is 0 Å². The first-order valence-corrected chi connectivity index (χ1v) is 3.23. The van der Waals surface area contributed by atoms with Crippen molar-refractivity contribution in [2.75, 3.05) is 0 Å². The number of hydrogen-bond acceptors (Lipinski definition) is 0. The van der Waals surface area contributed by atoms with Crippen LogP contribution in [0.2, 0.25) is 0 Å². The van der Waals surface area contributed by atoms with Crippen LogP contribution < -0.4 is 0 Å². The van der Waals surface area contributed by atoms with Crippen molar-refractivity contribution in [3.05, 3.63) is 24.3 Å². The maximum absolute atomic E-state index is 7.35. The van der Waals surface area contributed by atoms with Gasteiger partial charge in [-0.1, -0.05) is 24.3 Å². The highest BCUT2D eigenvalue weighted by Crippen LogP contribution is 2.33. The first kappa shape index (κ1) is 3.49. The summed E-state index contributed by atoms with van der Waals surface area (Å²) < 4.78 is 7.35. The second kappa shape index (κ2) is 1.48. The molecule has 0 spiro atoms. The smallest absolute Gasteiger partial charge is 0.0579 e. The fourth-order valence-electron chi connectivity index (χ4n) is 1.34. The van der Waals surface area contributed by atoms with E-state index in [0.717, 1.165) is 12.0 Å². The standard InChI is InChI=1S/C8H10/c1-2-4-8-6-5-7(8)3-1/h1,3,5-8H,2,4H2/i5D. The highest BCUT2D eigenvalue weighted by atomic mass is 14.3. The molecule has 42 valence electrons. The Hall–Kier alpha value is -0.520. The Balaban J connectivity index is 2.21. The maximum Gasteiger partial charge on any atom is 0.0579 e. The zero-order valence-corrected chi connectivity index (χ0v) is 4.80. The summed E-state index contributed by atoms with van der Waals surface area (Å²) in [6.45, 7) is 0. The van der Waals surface area contributed by atoms with Gasteiger partial charge in [0, 0.05) is 5.92 Å². The van der Waals surface area contributed by atoms with Crippen molar-refractivity contribution in [1.29, 1.82) is 0 Å². The lowest BCUT2D eigenvalue weighted by molar-refractivity contribution is 0.450. The molecule has 0 nitrogen and oxygen atoms in total. The molecule has 0 aromatic heterocycles. The lowest BCUT2D eigenvalue weighted by Crippen LogP contribution is -2.18. The summed E-state index contributed by atoms with van der Waals surface area (Å²) in [6, 6.07) is 0.830. The number of fused-ring (bicyclic) bond motifs is 1. The highest BCUT2D eigenvalue weighted by molar-refractivity contribution is 5.19. The molecule has 0 aliphatic heterocycles. The zero-order valence-electron chi connectivity index (χ0n) is 5.80. The van der Waals surface area contributed by atoms with Crippen LogP contribution in [0.1, 0.15) is 14.2 Å². The normalized spacial score (nSPS) is 44.0. The van der Waals surface area contributed by atoms with Crippen molar-refractivity contribution in [3.8, 4) is 0 Å². The third-order valence-electron chi connectivity index (χ3n) is 1.97. The van der Waals surface area contributed by atoms with Gasteiger partial charge in [-0.15, -0.1) is 0 Å². The lowest BCUT2D eigenvalue weighted by atomic mass is 9.76. The topological polar surface area (TPSA) is 0 Å². The van der Waals surface area contributed by atoms with Crippen molar-refractivity contribution >= 4 is 0 Å². The van der Waals surface area contributed by atoms with Crippen LogP contribution in [0.5, 0.6) is 0 Å². The average Bonchev–Trinajstić information content (AvgIpc) is 1.86. The van der Waals surface area contributed by atoms with Gasteiger partial charge in [0.05, 0.1) is 1.37 Å².